The number of rotatable bonds is 3. The van der Waals surface area contributed by atoms with Gasteiger partial charge >= 0.3 is 0 Å². The molecule has 0 fully saturated rings. The van der Waals surface area contributed by atoms with Gasteiger partial charge < -0.3 is 15.3 Å². The van der Waals surface area contributed by atoms with Gasteiger partial charge in [0, 0.05) is 12.0 Å². The number of ether oxygens (including phenoxy) is 1. The molecule has 0 saturated carbocycles. The largest absolute Gasteiger partial charge is 0.507 e. The van der Waals surface area contributed by atoms with Gasteiger partial charge in [0.05, 0.1) is 18.9 Å². The monoisotopic (exact) mass is 282 g/mol. The maximum atomic E-state index is 10.00. The lowest BCUT2D eigenvalue weighted by Gasteiger charge is -2.11. The van der Waals surface area contributed by atoms with E-state index in [0.29, 0.717) is 0 Å². The highest BCUT2D eigenvalue weighted by molar-refractivity contribution is 6.04. The van der Waals surface area contributed by atoms with Crippen LogP contribution in [0.3, 0.4) is 0 Å². The van der Waals surface area contributed by atoms with Gasteiger partial charge in [-0.05, 0) is 36.8 Å². The van der Waals surface area contributed by atoms with Crippen LogP contribution in [0, 0.1) is 6.92 Å². The molecule has 0 saturated heterocycles. The molecular formula is C17H18N2O2. The zero-order chi connectivity index (χ0) is 14.8. The first-order chi connectivity index (χ1) is 10.2. The van der Waals surface area contributed by atoms with Gasteiger partial charge in [0.1, 0.15) is 11.5 Å². The number of aryl methyl sites for hydroxylation is 1. The molecule has 4 nitrogen and oxygen atoms in total. The van der Waals surface area contributed by atoms with E-state index in [4.69, 9.17) is 4.74 Å². The Labute approximate surface area is 124 Å². The van der Waals surface area contributed by atoms with Crippen molar-refractivity contribution in [3.05, 3.63) is 59.2 Å². The van der Waals surface area contributed by atoms with Gasteiger partial charge in [0.2, 0.25) is 0 Å². The predicted octanol–water partition coefficient (Wildman–Crippen LogP) is 3.15. The Kier molecular flexibility index (Phi) is 3.52. The lowest BCUT2D eigenvalue weighted by Crippen LogP contribution is -2.09. The molecule has 4 heteroatoms. The third-order valence-corrected chi connectivity index (χ3v) is 3.73. The third-order valence-electron chi connectivity index (χ3n) is 3.73. The molecular weight excluding hydrogens is 264 g/mol. The van der Waals surface area contributed by atoms with Gasteiger partial charge in [-0.25, -0.2) is 0 Å². The predicted molar refractivity (Wildman–Crippen MR) is 82.9 cm³/mol. The molecule has 1 aliphatic heterocycles. The molecule has 0 unspecified atom stereocenters. The number of hydrogen-bond donors (Lipinski definition) is 2. The first-order valence-corrected chi connectivity index (χ1v) is 6.93. The van der Waals surface area contributed by atoms with E-state index in [0.717, 1.165) is 34.6 Å². The molecule has 21 heavy (non-hydrogen) atoms. The summed E-state index contributed by atoms with van der Waals surface area (Å²) in [5.41, 5.74) is 7.10. The highest BCUT2D eigenvalue weighted by Crippen LogP contribution is 2.29. The SMILES string of the molecule is COc1ccc([C@H]2CC(c3cc(C)ccc3O)=NN2)cc1. The summed E-state index contributed by atoms with van der Waals surface area (Å²) >= 11 is 0. The number of benzene rings is 2. The molecule has 0 bridgehead atoms. The summed E-state index contributed by atoms with van der Waals surface area (Å²) in [6, 6.07) is 13.7. The molecule has 2 aromatic rings. The quantitative estimate of drug-likeness (QED) is 0.909. The van der Waals surface area contributed by atoms with Crippen LogP contribution in [-0.2, 0) is 0 Å². The Morgan fingerprint density at radius 2 is 1.95 bits per heavy atom. The second-order valence-electron chi connectivity index (χ2n) is 5.24. The van der Waals surface area contributed by atoms with Crippen LogP contribution in [0.25, 0.3) is 0 Å². The van der Waals surface area contributed by atoms with Crippen LogP contribution in [0.4, 0.5) is 0 Å². The number of nitrogens with one attached hydrogen (secondary N) is 1. The molecule has 1 aliphatic rings. The van der Waals surface area contributed by atoms with Crippen LogP contribution in [-0.4, -0.2) is 17.9 Å². The van der Waals surface area contributed by atoms with Gasteiger partial charge in [-0.1, -0.05) is 23.8 Å². The van der Waals surface area contributed by atoms with Crippen molar-refractivity contribution in [2.24, 2.45) is 5.10 Å². The Morgan fingerprint density at radius 3 is 2.67 bits per heavy atom. The molecule has 0 radical (unpaired) electrons. The normalized spacial score (nSPS) is 17.2. The Morgan fingerprint density at radius 1 is 1.19 bits per heavy atom. The van der Waals surface area contributed by atoms with E-state index >= 15 is 0 Å². The minimum absolute atomic E-state index is 0.130. The van der Waals surface area contributed by atoms with Crippen molar-refractivity contribution in [1.29, 1.82) is 0 Å². The van der Waals surface area contributed by atoms with Gasteiger partial charge in [-0.15, -0.1) is 0 Å². The van der Waals surface area contributed by atoms with Crippen molar-refractivity contribution in [1.82, 2.24) is 5.43 Å². The summed E-state index contributed by atoms with van der Waals surface area (Å²) in [6.45, 7) is 2.01. The topological polar surface area (TPSA) is 53.9 Å². The summed E-state index contributed by atoms with van der Waals surface area (Å²) in [5.74, 6) is 1.12. The van der Waals surface area contributed by atoms with Crippen molar-refractivity contribution in [2.75, 3.05) is 7.11 Å². The van der Waals surface area contributed by atoms with Crippen LogP contribution in [0.2, 0.25) is 0 Å². The van der Waals surface area contributed by atoms with E-state index in [1.54, 1.807) is 13.2 Å². The van der Waals surface area contributed by atoms with Crippen molar-refractivity contribution in [3.8, 4) is 11.5 Å². The van der Waals surface area contributed by atoms with Crippen molar-refractivity contribution in [2.45, 2.75) is 19.4 Å². The van der Waals surface area contributed by atoms with Crippen molar-refractivity contribution >= 4 is 5.71 Å². The average molecular weight is 282 g/mol. The zero-order valence-corrected chi connectivity index (χ0v) is 12.1. The molecule has 108 valence electrons. The third kappa shape index (κ3) is 2.70. The first-order valence-electron chi connectivity index (χ1n) is 6.93. The highest BCUT2D eigenvalue weighted by atomic mass is 16.5. The molecule has 1 atom stereocenters. The van der Waals surface area contributed by atoms with Crippen LogP contribution in [0.15, 0.2) is 47.6 Å². The molecule has 0 amide bonds. The maximum absolute atomic E-state index is 10.00. The van der Waals surface area contributed by atoms with E-state index in [1.807, 2.05) is 43.3 Å². The molecule has 0 aromatic heterocycles. The first kappa shape index (κ1) is 13.5. The van der Waals surface area contributed by atoms with Crippen LogP contribution in [0.1, 0.15) is 29.2 Å². The van der Waals surface area contributed by atoms with Gasteiger partial charge in [-0.3, -0.25) is 0 Å². The molecule has 2 aromatic carbocycles. The fraction of sp³-hybridized carbons (Fsp3) is 0.235. The average Bonchev–Trinajstić information content (AvgIpc) is 2.99. The highest BCUT2D eigenvalue weighted by Gasteiger charge is 2.23. The Bertz CT molecular complexity index is 678. The van der Waals surface area contributed by atoms with E-state index in [1.165, 1.54) is 0 Å². The second kappa shape index (κ2) is 5.48. The fourth-order valence-electron chi connectivity index (χ4n) is 2.52. The fourth-order valence-corrected chi connectivity index (χ4v) is 2.52. The molecule has 2 N–H and O–H groups in total. The number of hydrogen-bond acceptors (Lipinski definition) is 4. The van der Waals surface area contributed by atoms with Crippen LogP contribution < -0.4 is 10.2 Å². The van der Waals surface area contributed by atoms with E-state index in [-0.39, 0.29) is 11.8 Å². The summed E-state index contributed by atoms with van der Waals surface area (Å²) in [5, 5.41) is 14.4. The lowest BCUT2D eigenvalue weighted by molar-refractivity contribution is 0.414. The van der Waals surface area contributed by atoms with Gasteiger partial charge in [0.15, 0.2) is 0 Å². The Hall–Kier alpha value is -2.49. The van der Waals surface area contributed by atoms with E-state index in [9.17, 15) is 5.11 Å². The minimum atomic E-state index is 0.130. The molecule has 3 rings (SSSR count). The van der Waals surface area contributed by atoms with Crippen LogP contribution >= 0.6 is 0 Å². The van der Waals surface area contributed by atoms with E-state index in [2.05, 4.69) is 10.5 Å². The number of phenolic OH excluding ortho intramolecular Hbond substituents is 1. The number of methoxy groups -OCH3 is 1. The number of phenols is 1. The summed E-state index contributed by atoms with van der Waals surface area (Å²) < 4.78 is 5.17. The lowest BCUT2D eigenvalue weighted by atomic mass is 9.97. The van der Waals surface area contributed by atoms with Crippen LogP contribution in [0.5, 0.6) is 11.5 Å². The minimum Gasteiger partial charge on any atom is -0.507 e. The number of nitrogens with zero attached hydrogens (tertiary/aromatic N) is 1. The van der Waals surface area contributed by atoms with Crippen molar-refractivity contribution < 1.29 is 9.84 Å². The summed E-state index contributed by atoms with van der Waals surface area (Å²) in [6.07, 6.45) is 0.753. The molecule has 1 heterocycles. The number of hydrazone groups is 1. The molecule has 0 spiro atoms. The molecule has 0 aliphatic carbocycles. The standard InChI is InChI=1S/C17H18N2O2/c1-11-3-8-17(20)14(9-11)16-10-15(18-19-16)12-4-6-13(21-2)7-5-12/h3-9,15,18,20H,10H2,1-2H3/t15-/m1/s1. The smallest absolute Gasteiger partial charge is 0.124 e. The maximum Gasteiger partial charge on any atom is 0.124 e. The summed E-state index contributed by atoms with van der Waals surface area (Å²) in [4.78, 5) is 0. The van der Waals surface area contributed by atoms with Gasteiger partial charge in [-0.2, -0.15) is 5.10 Å². The summed E-state index contributed by atoms with van der Waals surface area (Å²) in [7, 11) is 1.66. The zero-order valence-electron chi connectivity index (χ0n) is 12.1. The Balaban J connectivity index is 1.79. The van der Waals surface area contributed by atoms with E-state index < -0.39 is 0 Å². The number of aromatic hydroxyl groups is 1. The second-order valence-corrected chi connectivity index (χ2v) is 5.24. The van der Waals surface area contributed by atoms with Crippen molar-refractivity contribution in [3.63, 3.8) is 0 Å². The van der Waals surface area contributed by atoms with Gasteiger partial charge in [0.25, 0.3) is 0 Å².